The summed E-state index contributed by atoms with van der Waals surface area (Å²) >= 11 is 0. The number of esters is 1. The van der Waals surface area contributed by atoms with Crippen LogP contribution in [-0.4, -0.2) is 31.3 Å². The van der Waals surface area contributed by atoms with E-state index in [1.807, 2.05) is 36.4 Å². The number of hydrogen-bond acceptors (Lipinski definition) is 5. The van der Waals surface area contributed by atoms with E-state index >= 15 is 0 Å². The van der Waals surface area contributed by atoms with Crippen molar-refractivity contribution in [2.24, 2.45) is 5.14 Å². The second-order valence-electron chi connectivity index (χ2n) is 5.97. The molecule has 0 amide bonds. The summed E-state index contributed by atoms with van der Waals surface area (Å²) in [6.45, 7) is 0. The lowest BCUT2D eigenvalue weighted by atomic mass is 10.1. The fourth-order valence-electron chi connectivity index (χ4n) is 3.09. The highest BCUT2D eigenvalue weighted by atomic mass is 32.2. The molecule has 0 spiro atoms. The molecule has 4 aromatic rings. The molecule has 27 heavy (non-hydrogen) atoms. The zero-order valence-electron chi connectivity index (χ0n) is 14.3. The van der Waals surface area contributed by atoms with Crippen LogP contribution in [0.15, 0.2) is 65.6 Å². The van der Waals surface area contributed by atoms with E-state index in [4.69, 9.17) is 9.88 Å². The number of primary sulfonamides is 1. The van der Waals surface area contributed by atoms with Crippen LogP contribution in [0.25, 0.3) is 27.4 Å². The molecule has 0 unspecified atom stereocenters. The van der Waals surface area contributed by atoms with E-state index in [-0.39, 0.29) is 10.6 Å². The van der Waals surface area contributed by atoms with Crippen LogP contribution in [0.4, 0.5) is 0 Å². The van der Waals surface area contributed by atoms with Gasteiger partial charge in [0.2, 0.25) is 10.0 Å². The van der Waals surface area contributed by atoms with Crippen LogP contribution in [0.5, 0.6) is 0 Å². The Kier molecular flexibility index (Phi) is 3.94. The van der Waals surface area contributed by atoms with Gasteiger partial charge < -0.3 is 4.74 Å². The first-order valence-electron chi connectivity index (χ1n) is 8.02. The molecule has 1 heterocycles. The van der Waals surface area contributed by atoms with Crippen LogP contribution in [0, 0.1) is 0 Å². The summed E-state index contributed by atoms with van der Waals surface area (Å²) in [6, 6.07) is 17.5. The van der Waals surface area contributed by atoms with Crippen LogP contribution in [0.2, 0.25) is 0 Å². The van der Waals surface area contributed by atoms with E-state index in [9.17, 15) is 13.2 Å². The maximum absolute atomic E-state index is 12.2. The second-order valence-corrected chi connectivity index (χ2v) is 7.54. The van der Waals surface area contributed by atoms with Crippen molar-refractivity contribution in [1.82, 2.24) is 9.78 Å². The molecule has 0 fully saturated rings. The van der Waals surface area contributed by atoms with E-state index in [1.165, 1.54) is 19.2 Å². The zero-order valence-corrected chi connectivity index (χ0v) is 15.1. The lowest BCUT2D eigenvalue weighted by Crippen LogP contribution is -2.12. The number of fused-ring (bicyclic) bond motifs is 3. The molecule has 0 aliphatic heterocycles. The Morgan fingerprint density at radius 2 is 1.70 bits per heavy atom. The number of nitrogens with zero attached hydrogens (tertiary/aromatic N) is 2. The molecule has 136 valence electrons. The van der Waals surface area contributed by atoms with Crippen molar-refractivity contribution in [2.75, 3.05) is 7.11 Å². The van der Waals surface area contributed by atoms with Gasteiger partial charge in [-0.1, -0.05) is 30.3 Å². The van der Waals surface area contributed by atoms with Gasteiger partial charge in [-0.05, 0) is 35.7 Å². The van der Waals surface area contributed by atoms with Gasteiger partial charge in [-0.2, -0.15) is 5.10 Å². The molecule has 0 atom stereocenters. The maximum Gasteiger partial charge on any atom is 0.359 e. The lowest BCUT2D eigenvalue weighted by molar-refractivity contribution is 0.0595. The van der Waals surface area contributed by atoms with Crippen molar-refractivity contribution >= 4 is 37.7 Å². The van der Waals surface area contributed by atoms with Gasteiger partial charge in [0.05, 0.1) is 23.2 Å². The number of benzene rings is 3. The number of hydrogen-bond donors (Lipinski definition) is 1. The minimum atomic E-state index is -3.79. The predicted molar refractivity (Wildman–Crippen MR) is 101 cm³/mol. The summed E-state index contributed by atoms with van der Waals surface area (Å²) in [5.41, 5.74) is 1.52. The summed E-state index contributed by atoms with van der Waals surface area (Å²) in [5, 5.41) is 12.1. The first kappa shape index (κ1) is 17.2. The van der Waals surface area contributed by atoms with Crippen molar-refractivity contribution in [3.63, 3.8) is 0 Å². The standard InChI is InChI=1S/C19H15N3O4S/c1-26-19(23)17-16-11-6-12-4-2-3-5-15(12)18(16)22(21-17)13-7-9-14(10-8-13)27(20,24)25/h2-11H,1H3,(H2,20,24,25). The number of carbonyl (C=O) groups is 1. The van der Waals surface area contributed by atoms with Gasteiger partial charge in [-0.15, -0.1) is 0 Å². The van der Waals surface area contributed by atoms with E-state index in [0.29, 0.717) is 11.1 Å². The molecule has 8 heteroatoms. The molecule has 0 saturated heterocycles. The highest BCUT2D eigenvalue weighted by Crippen LogP contribution is 2.30. The average molecular weight is 381 g/mol. The Hall–Kier alpha value is -3.23. The van der Waals surface area contributed by atoms with E-state index < -0.39 is 16.0 Å². The largest absolute Gasteiger partial charge is 0.464 e. The van der Waals surface area contributed by atoms with Gasteiger partial charge in [-0.25, -0.2) is 23.0 Å². The Morgan fingerprint density at radius 1 is 1.00 bits per heavy atom. The first-order chi connectivity index (χ1) is 12.9. The summed E-state index contributed by atoms with van der Waals surface area (Å²) in [6.07, 6.45) is 0. The summed E-state index contributed by atoms with van der Waals surface area (Å²) in [4.78, 5) is 12.2. The predicted octanol–water partition coefficient (Wildman–Crippen LogP) is 2.61. The minimum absolute atomic E-state index is 0.000705. The molecule has 2 N–H and O–H groups in total. The molecular formula is C19H15N3O4S. The third-order valence-corrected chi connectivity index (χ3v) is 5.29. The van der Waals surface area contributed by atoms with Crippen LogP contribution in [0.3, 0.4) is 0 Å². The highest BCUT2D eigenvalue weighted by molar-refractivity contribution is 7.89. The number of methoxy groups -OCH3 is 1. The minimum Gasteiger partial charge on any atom is -0.464 e. The van der Waals surface area contributed by atoms with Crippen molar-refractivity contribution in [3.8, 4) is 5.69 Å². The molecule has 3 aromatic carbocycles. The number of carbonyl (C=O) groups excluding carboxylic acids is 1. The van der Waals surface area contributed by atoms with E-state index in [0.717, 1.165) is 16.3 Å². The molecule has 0 aliphatic rings. The van der Waals surface area contributed by atoms with Crippen LogP contribution in [0.1, 0.15) is 10.5 Å². The molecule has 0 radical (unpaired) electrons. The molecule has 0 saturated carbocycles. The fraction of sp³-hybridized carbons (Fsp3) is 0.0526. The molecule has 4 rings (SSSR count). The van der Waals surface area contributed by atoms with Crippen molar-refractivity contribution in [2.45, 2.75) is 4.90 Å². The SMILES string of the molecule is COC(=O)c1nn(-c2ccc(S(N)(=O)=O)cc2)c2c1ccc1ccccc12. The fourth-order valence-corrected chi connectivity index (χ4v) is 3.61. The zero-order chi connectivity index (χ0) is 19.2. The normalized spacial score (nSPS) is 11.8. The number of aromatic nitrogens is 2. The van der Waals surface area contributed by atoms with Gasteiger partial charge in [0.15, 0.2) is 5.69 Å². The average Bonchev–Trinajstić information content (AvgIpc) is 3.07. The van der Waals surface area contributed by atoms with Crippen molar-refractivity contribution in [1.29, 1.82) is 0 Å². The Bertz CT molecular complexity index is 1290. The second kappa shape index (κ2) is 6.19. The van der Waals surface area contributed by atoms with Gasteiger partial charge in [-0.3, -0.25) is 0 Å². The van der Waals surface area contributed by atoms with Crippen LogP contribution in [-0.2, 0) is 14.8 Å². The van der Waals surface area contributed by atoms with Crippen molar-refractivity contribution < 1.29 is 17.9 Å². The smallest absolute Gasteiger partial charge is 0.359 e. The number of ether oxygens (including phenoxy) is 1. The van der Waals surface area contributed by atoms with Crippen molar-refractivity contribution in [3.05, 3.63) is 66.4 Å². The van der Waals surface area contributed by atoms with Gasteiger partial charge >= 0.3 is 5.97 Å². The third-order valence-electron chi connectivity index (χ3n) is 4.36. The van der Waals surface area contributed by atoms with Gasteiger partial charge in [0.25, 0.3) is 0 Å². The molecule has 1 aromatic heterocycles. The Balaban J connectivity index is 2.05. The topological polar surface area (TPSA) is 104 Å². The summed E-state index contributed by atoms with van der Waals surface area (Å²) < 4.78 is 29.5. The highest BCUT2D eigenvalue weighted by Gasteiger charge is 2.20. The van der Waals surface area contributed by atoms with Crippen LogP contribution >= 0.6 is 0 Å². The molecule has 0 aliphatic carbocycles. The third kappa shape index (κ3) is 2.84. The Morgan fingerprint density at radius 3 is 2.37 bits per heavy atom. The lowest BCUT2D eigenvalue weighted by Gasteiger charge is -2.07. The molecule has 0 bridgehead atoms. The number of nitrogens with two attached hydrogens (primary N) is 1. The monoisotopic (exact) mass is 381 g/mol. The van der Waals surface area contributed by atoms with E-state index in [1.54, 1.807) is 16.8 Å². The number of sulfonamides is 1. The van der Waals surface area contributed by atoms with Crippen LogP contribution < -0.4 is 5.14 Å². The number of rotatable bonds is 3. The Labute approximate surface area is 155 Å². The molecule has 7 nitrogen and oxygen atoms in total. The maximum atomic E-state index is 12.2. The van der Waals surface area contributed by atoms with Gasteiger partial charge in [0.1, 0.15) is 0 Å². The quantitative estimate of drug-likeness (QED) is 0.549. The van der Waals surface area contributed by atoms with Gasteiger partial charge in [0, 0.05) is 10.8 Å². The molecular weight excluding hydrogens is 366 g/mol. The first-order valence-corrected chi connectivity index (χ1v) is 9.57. The summed E-state index contributed by atoms with van der Waals surface area (Å²) in [5.74, 6) is -0.546. The van der Waals surface area contributed by atoms with E-state index in [2.05, 4.69) is 5.10 Å². The summed E-state index contributed by atoms with van der Waals surface area (Å²) in [7, 11) is -2.49.